The van der Waals surface area contributed by atoms with Gasteiger partial charge in [-0.25, -0.2) is 4.79 Å². The summed E-state index contributed by atoms with van der Waals surface area (Å²) in [5.41, 5.74) is -0.401. The smallest absolute Gasteiger partial charge is 1.00 e. The Morgan fingerprint density at radius 1 is 1.78 bits per heavy atom. The van der Waals surface area contributed by atoms with Crippen molar-refractivity contribution in [1.82, 2.24) is 0 Å². The Morgan fingerprint density at radius 2 is 2.22 bits per heavy atom. The van der Waals surface area contributed by atoms with Crippen molar-refractivity contribution in [3.8, 4) is 0 Å². The van der Waals surface area contributed by atoms with Crippen molar-refractivity contribution >= 4 is 13.6 Å². The number of rotatable bonds is 3. The van der Waals surface area contributed by atoms with Crippen LogP contribution < -0.4 is 29.6 Å². The van der Waals surface area contributed by atoms with E-state index in [-0.39, 0.29) is 31.0 Å². The molecule has 0 rings (SSSR count). The first kappa shape index (κ1) is 12.4. The van der Waals surface area contributed by atoms with Gasteiger partial charge in [-0.15, -0.1) is 4.52 Å². The van der Waals surface area contributed by atoms with Crippen LogP contribution in [0, 0.1) is 0 Å². The van der Waals surface area contributed by atoms with Gasteiger partial charge in [0.25, 0.3) is 0 Å². The zero-order valence-electron chi connectivity index (χ0n) is 6.88. The Bertz CT molecular complexity index is 119. The molecule has 0 heterocycles. The molecular formula is C4H9NaO3P+. The Balaban J connectivity index is -0.000000245. The first-order valence-corrected chi connectivity index (χ1v) is 3.47. The predicted molar refractivity (Wildman–Crippen MR) is 31.0 cm³/mol. The summed E-state index contributed by atoms with van der Waals surface area (Å²) in [5, 5.41) is 0. The van der Waals surface area contributed by atoms with Crippen molar-refractivity contribution in [1.29, 1.82) is 0 Å². The summed E-state index contributed by atoms with van der Waals surface area (Å²) in [7, 11) is -2.03. The predicted octanol–water partition coefficient (Wildman–Crippen LogP) is -1.57. The number of carbonyl (C=O) groups excluding carboxylic acids is 1. The van der Waals surface area contributed by atoms with Crippen LogP contribution in [0.4, 0.5) is 0 Å². The quantitative estimate of drug-likeness (QED) is 0.369. The van der Waals surface area contributed by atoms with Crippen LogP contribution in [-0.2, 0) is 13.9 Å². The standard InChI is InChI=1S/C4H8O3P.Na.H/c1-3-7-8(6)4(2)5;;/h3H2,1-2H3;;/q2*+1;-1. The SMILES string of the molecule is CCO[P+](=O)C(C)=O.[H-].[Na+]. The molecule has 0 saturated carbocycles. The molecule has 0 aromatic rings. The second-order valence-corrected chi connectivity index (χ2v) is 2.60. The largest absolute Gasteiger partial charge is 1.00 e. The van der Waals surface area contributed by atoms with Crippen molar-refractivity contribution in [3.05, 3.63) is 0 Å². The summed E-state index contributed by atoms with van der Waals surface area (Å²) in [4.78, 5) is 10.1. The van der Waals surface area contributed by atoms with E-state index in [2.05, 4.69) is 4.52 Å². The molecule has 0 amide bonds. The normalized spacial score (nSPS) is 9.78. The zero-order valence-corrected chi connectivity index (χ0v) is 8.77. The van der Waals surface area contributed by atoms with E-state index in [1.807, 2.05) is 0 Å². The molecule has 0 aliphatic carbocycles. The molecule has 0 aromatic carbocycles. The van der Waals surface area contributed by atoms with E-state index in [9.17, 15) is 9.36 Å². The summed E-state index contributed by atoms with van der Waals surface area (Å²) in [6, 6.07) is 0. The summed E-state index contributed by atoms with van der Waals surface area (Å²) in [6.07, 6.45) is 0. The third-order valence-electron chi connectivity index (χ3n) is 0.503. The van der Waals surface area contributed by atoms with Gasteiger partial charge in [0.2, 0.25) is 0 Å². The van der Waals surface area contributed by atoms with Crippen LogP contribution in [0.3, 0.4) is 0 Å². The number of hydrogen-bond acceptors (Lipinski definition) is 3. The molecule has 0 radical (unpaired) electrons. The van der Waals surface area contributed by atoms with Crippen LogP contribution in [0.25, 0.3) is 0 Å². The van der Waals surface area contributed by atoms with Gasteiger partial charge in [-0.2, -0.15) is 0 Å². The average Bonchev–Trinajstić information content (AvgIpc) is 1.67. The van der Waals surface area contributed by atoms with E-state index >= 15 is 0 Å². The van der Waals surface area contributed by atoms with Gasteiger partial charge in [0.1, 0.15) is 6.61 Å². The third-order valence-corrected chi connectivity index (χ3v) is 1.51. The van der Waals surface area contributed by atoms with Crippen molar-refractivity contribution in [2.75, 3.05) is 6.61 Å². The molecule has 0 aliphatic rings. The van der Waals surface area contributed by atoms with Crippen molar-refractivity contribution in [3.63, 3.8) is 0 Å². The van der Waals surface area contributed by atoms with Crippen molar-refractivity contribution in [2.45, 2.75) is 13.8 Å². The topological polar surface area (TPSA) is 43.4 Å². The van der Waals surface area contributed by atoms with Gasteiger partial charge in [0, 0.05) is 6.92 Å². The molecule has 3 nitrogen and oxygen atoms in total. The molecule has 0 spiro atoms. The van der Waals surface area contributed by atoms with Gasteiger partial charge in [0.15, 0.2) is 0 Å². The number of hydrogen-bond donors (Lipinski definition) is 0. The molecule has 5 heteroatoms. The minimum Gasteiger partial charge on any atom is -1.00 e. The molecule has 0 bridgehead atoms. The second kappa shape index (κ2) is 6.84. The second-order valence-electron chi connectivity index (χ2n) is 1.19. The summed E-state index contributed by atoms with van der Waals surface area (Å²) < 4.78 is 14.8. The Morgan fingerprint density at radius 3 is 2.33 bits per heavy atom. The maximum Gasteiger partial charge on any atom is 1.00 e. The van der Waals surface area contributed by atoms with Crippen LogP contribution in [0.15, 0.2) is 0 Å². The van der Waals surface area contributed by atoms with Gasteiger partial charge in [-0.1, -0.05) is 0 Å². The van der Waals surface area contributed by atoms with E-state index in [0.29, 0.717) is 6.61 Å². The molecule has 1 atom stereocenters. The first-order valence-electron chi connectivity index (χ1n) is 2.29. The van der Waals surface area contributed by atoms with E-state index in [1.165, 1.54) is 6.92 Å². The van der Waals surface area contributed by atoms with Gasteiger partial charge < -0.3 is 1.43 Å². The van der Waals surface area contributed by atoms with Crippen molar-refractivity contribution in [2.24, 2.45) is 0 Å². The van der Waals surface area contributed by atoms with Crippen LogP contribution in [0.5, 0.6) is 0 Å². The maximum absolute atomic E-state index is 10.3. The summed E-state index contributed by atoms with van der Waals surface area (Å²) in [6.45, 7) is 3.26. The monoisotopic (exact) mass is 159 g/mol. The van der Waals surface area contributed by atoms with E-state index < -0.39 is 13.6 Å². The number of carbonyl (C=O) groups is 1. The minimum absolute atomic E-state index is 0. The molecule has 9 heavy (non-hydrogen) atoms. The fourth-order valence-electron chi connectivity index (χ4n) is 0.208. The minimum atomic E-state index is -2.03. The van der Waals surface area contributed by atoms with Gasteiger partial charge in [-0.3, -0.25) is 0 Å². The summed E-state index contributed by atoms with van der Waals surface area (Å²) in [5.74, 6) is 0. The van der Waals surface area contributed by atoms with Crippen LogP contribution in [0.1, 0.15) is 15.3 Å². The Hall–Kier alpha value is 0.730. The van der Waals surface area contributed by atoms with Crippen LogP contribution in [0.2, 0.25) is 0 Å². The average molecular weight is 159 g/mol. The van der Waals surface area contributed by atoms with Gasteiger partial charge in [0.05, 0.1) is 0 Å². The first-order chi connectivity index (χ1) is 3.68. The van der Waals surface area contributed by atoms with Crippen LogP contribution >= 0.6 is 8.03 Å². The molecule has 0 fully saturated rings. The van der Waals surface area contributed by atoms with E-state index in [4.69, 9.17) is 0 Å². The van der Waals surface area contributed by atoms with Gasteiger partial charge in [-0.05, 0) is 11.5 Å². The van der Waals surface area contributed by atoms with Crippen molar-refractivity contribution < 1.29 is 44.9 Å². The molecule has 0 aromatic heterocycles. The molecular weight excluding hydrogens is 150 g/mol. The van der Waals surface area contributed by atoms with E-state index in [1.54, 1.807) is 6.92 Å². The molecule has 0 aliphatic heterocycles. The zero-order chi connectivity index (χ0) is 6.57. The van der Waals surface area contributed by atoms with Gasteiger partial charge >= 0.3 is 43.1 Å². The molecule has 1 unspecified atom stereocenters. The molecule has 0 saturated heterocycles. The van der Waals surface area contributed by atoms with E-state index in [0.717, 1.165) is 0 Å². The third kappa shape index (κ3) is 6.62. The summed E-state index contributed by atoms with van der Waals surface area (Å²) >= 11 is 0. The fraction of sp³-hybridized carbons (Fsp3) is 0.750. The Labute approximate surface area is 78.8 Å². The molecule has 0 N–H and O–H groups in total. The van der Waals surface area contributed by atoms with Crippen LogP contribution in [-0.4, -0.2) is 12.1 Å². The fourth-order valence-corrected chi connectivity index (χ4v) is 0.624. The maximum atomic E-state index is 10.3. The molecule has 48 valence electrons. The Kier molecular flexibility index (Phi) is 9.44.